The predicted octanol–water partition coefficient (Wildman–Crippen LogP) is 1.77. The summed E-state index contributed by atoms with van der Waals surface area (Å²) in [6, 6.07) is 0. The van der Waals surface area contributed by atoms with E-state index in [-0.39, 0.29) is 5.91 Å². The van der Waals surface area contributed by atoms with Crippen LogP contribution in [0.15, 0.2) is 12.2 Å². The van der Waals surface area contributed by atoms with Gasteiger partial charge in [-0.3, -0.25) is 4.79 Å². The Morgan fingerprint density at radius 1 is 1.64 bits per heavy atom. The molecule has 0 aliphatic heterocycles. The average Bonchev–Trinajstić information content (AvgIpc) is 1.80. The van der Waals surface area contributed by atoms with Crippen molar-refractivity contribution in [2.45, 2.75) is 13.5 Å². The van der Waals surface area contributed by atoms with E-state index >= 15 is 0 Å². The van der Waals surface area contributed by atoms with E-state index in [1.807, 2.05) is 0 Å². The lowest BCUT2D eigenvalue weighted by Crippen LogP contribution is -2.36. The van der Waals surface area contributed by atoms with Gasteiger partial charge in [0, 0.05) is 11.7 Å². The minimum atomic E-state index is -2.19. The molecule has 0 spiro atoms. The Labute approximate surface area is 77.0 Å². The van der Waals surface area contributed by atoms with Crippen LogP contribution in [0.5, 0.6) is 0 Å². The van der Waals surface area contributed by atoms with Crippen LogP contribution in [0.3, 0.4) is 0 Å². The van der Waals surface area contributed by atoms with Crippen LogP contribution >= 0.6 is 22.2 Å². The van der Waals surface area contributed by atoms with Gasteiger partial charge in [0.25, 0.3) is 6.69 Å². The quantitative estimate of drug-likeness (QED) is 0.431. The highest BCUT2D eigenvalue weighted by atomic mass is 35.7. The second-order valence-electron chi connectivity index (χ2n) is 2.53. The zero-order chi connectivity index (χ0) is 9.07. The lowest BCUT2D eigenvalue weighted by molar-refractivity contribution is -0.117. The molecule has 0 aromatic rings. The summed E-state index contributed by atoms with van der Waals surface area (Å²) in [5.74, 6) is -0.190. The van der Waals surface area contributed by atoms with E-state index in [1.165, 1.54) is 0 Å². The molecule has 0 bridgehead atoms. The summed E-state index contributed by atoms with van der Waals surface area (Å²) in [5, 5.41) is 2.58. The standard InChI is InChI=1S/C6H11Cl2NOSi/c1-5(2)6(10)9-4-11(3,7)8/h1,4H2,2-3H3,(H,9,10). The first-order chi connectivity index (χ1) is 4.83. The van der Waals surface area contributed by atoms with Crippen molar-refractivity contribution in [1.82, 2.24) is 5.32 Å². The molecular formula is C6H11Cl2NOSi. The summed E-state index contributed by atoms with van der Waals surface area (Å²) in [6.07, 6.45) is 0.363. The van der Waals surface area contributed by atoms with Gasteiger partial charge in [-0.05, 0) is 13.5 Å². The molecule has 64 valence electrons. The zero-order valence-corrected chi connectivity index (χ0v) is 9.09. The Bertz CT molecular complexity index is 176. The fourth-order valence-electron chi connectivity index (χ4n) is 0.386. The normalized spacial score (nSPS) is 10.9. The Morgan fingerprint density at radius 3 is 2.36 bits per heavy atom. The van der Waals surface area contributed by atoms with Crippen molar-refractivity contribution in [2.75, 3.05) is 6.17 Å². The van der Waals surface area contributed by atoms with Crippen LogP contribution in [0.2, 0.25) is 6.55 Å². The van der Waals surface area contributed by atoms with Gasteiger partial charge in [-0.1, -0.05) is 6.58 Å². The van der Waals surface area contributed by atoms with Crippen molar-refractivity contribution in [3.63, 3.8) is 0 Å². The lowest BCUT2D eigenvalue weighted by Gasteiger charge is -2.10. The van der Waals surface area contributed by atoms with Crippen LogP contribution in [-0.2, 0) is 4.79 Å². The number of rotatable bonds is 3. The summed E-state index contributed by atoms with van der Waals surface area (Å²) >= 11 is 11.5. The van der Waals surface area contributed by atoms with Crippen molar-refractivity contribution >= 4 is 34.8 Å². The summed E-state index contributed by atoms with van der Waals surface area (Å²) in [4.78, 5) is 10.9. The fourth-order valence-corrected chi connectivity index (χ4v) is 1.26. The van der Waals surface area contributed by atoms with Gasteiger partial charge in [-0.2, -0.15) is 0 Å². The second-order valence-corrected chi connectivity index (χ2v) is 10.6. The maximum Gasteiger partial charge on any atom is 0.266 e. The first-order valence-electron chi connectivity index (χ1n) is 3.14. The minimum absolute atomic E-state index is 0.190. The van der Waals surface area contributed by atoms with Gasteiger partial charge in [-0.25, -0.2) is 0 Å². The van der Waals surface area contributed by atoms with Crippen LogP contribution in [0.4, 0.5) is 0 Å². The van der Waals surface area contributed by atoms with Crippen LogP contribution in [0.25, 0.3) is 0 Å². The molecule has 0 radical (unpaired) electrons. The van der Waals surface area contributed by atoms with Gasteiger partial charge in [0.05, 0.1) is 0 Å². The molecule has 0 rings (SSSR count). The monoisotopic (exact) mass is 211 g/mol. The number of carbonyl (C=O) groups excluding carboxylic acids is 1. The number of hydrogen-bond acceptors (Lipinski definition) is 1. The van der Waals surface area contributed by atoms with E-state index in [0.29, 0.717) is 11.7 Å². The third-order valence-corrected chi connectivity index (χ3v) is 2.55. The molecule has 1 amide bonds. The van der Waals surface area contributed by atoms with E-state index in [9.17, 15) is 4.79 Å². The van der Waals surface area contributed by atoms with Crippen LogP contribution in [0.1, 0.15) is 6.92 Å². The molecule has 0 unspecified atom stereocenters. The number of halogens is 2. The molecular weight excluding hydrogens is 201 g/mol. The maximum atomic E-state index is 10.9. The van der Waals surface area contributed by atoms with Crippen LogP contribution in [0, 0.1) is 0 Å². The molecule has 0 saturated heterocycles. The van der Waals surface area contributed by atoms with Crippen molar-refractivity contribution < 1.29 is 4.79 Å². The Balaban J connectivity index is 3.73. The largest absolute Gasteiger partial charge is 0.353 e. The molecule has 0 aromatic carbocycles. The van der Waals surface area contributed by atoms with E-state index in [4.69, 9.17) is 22.2 Å². The molecule has 5 heteroatoms. The van der Waals surface area contributed by atoms with E-state index in [2.05, 4.69) is 11.9 Å². The topological polar surface area (TPSA) is 29.1 Å². The van der Waals surface area contributed by atoms with Crippen molar-refractivity contribution in [1.29, 1.82) is 0 Å². The maximum absolute atomic E-state index is 10.9. The molecule has 1 N–H and O–H groups in total. The third kappa shape index (κ3) is 6.41. The number of carbonyl (C=O) groups is 1. The molecule has 0 aromatic heterocycles. The average molecular weight is 212 g/mol. The lowest BCUT2D eigenvalue weighted by atomic mass is 10.3. The van der Waals surface area contributed by atoms with Crippen LogP contribution < -0.4 is 5.32 Å². The summed E-state index contributed by atoms with van der Waals surface area (Å²) < 4.78 is 0. The highest BCUT2D eigenvalue weighted by Crippen LogP contribution is 2.11. The number of nitrogens with one attached hydrogen (secondary N) is 1. The molecule has 11 heavy (non-hydrogen) atoms. The van der Waals surface area contributed by atoms with E-state index in [0.717, 1.165) is 0 Å². The van der Waals surface area contributed by atoms with Gasteiger partial charge in [-0.15, -0.1) is 22.2 Å². The highest BCUT2D eigenvalue weighted by molar-refractivity contribution is 7.45. The number of hydrogen-bond donors (Lipinski definition) is 1. The van der Waals surface area contributed by atoms with E-state index < -0.39 is 6.69 Å². The van der Waals surface area contributed by atoms with Gasteiger partial charge < -0.3 is 5.32 Å². The smallest absolute Gasteiger partial charge is 0.266 e. The highest BCUT2D eigenvalue weighted by Gasteiger charge is 2.21. The number of amides is 1. The summed E-state index contributed by atoms with van der Waals surface area (Å²) in [7, 11) is 0. The third-order valence-electron chi connectivity index (χ3n) is 0.947. The van der Waals surface area contributed by atoms with Gasteiger partial charge in [0.2, 0.25) is 5.91 Å². The summed E-state index contributed by atoms with van der Waals surface area (Å²) in [6.45, 7) is 4.66. The predicted molar refractivity (Wildman–Crippen MR) is 51.1 cm³/mol. The van der Waals surface area contributed by atoms with E-state index in [1.54, 1.807) is 13.5 Å². The SMILES string of the molecule is C=C(C)C(=O)NC[Si](C)(Cl)Cl. The Morgan fingerprint density at radius 2 is 2.09 bits per heavy atom. The molecule has 0 fully saturated rings. The fraction of sp³-hybridized carbons (Fsp3) is 0.500. The van der Waals surface area contributed by atoms with Gasteiger partial charge >= 0.3 is 0 Å². The first kappa shape index (κ1) is 11.0. The van der Waals surface area contributed by atoms with Gasteiger partial charge in [0.1, 0.15) is 0 Å². The minimum Gasteiger partial charge on any atom is -0.353 e. The Hall–Kier alpha value is 0.00688. The molecule has 0 aliphatic carbocycles. The second kappa shape index (κ2) is 4.14. The first-order valence-corrected chi connectivity index (χ1v) is 7.87. The van der Waals surface area contributed by atoms with Crippen molar-refractivity contribution in [3.05, 3.63) is 12.2 Å². The molecule has 0 atom stereocenters. The van der Waals surface area contributed by atoms with Crippen LogP contribution in [-0.4, -0.2) is 18.8 Å². The van der Waals surface area contributed by atoms with Crippen molar-refractivity contribution in [3.8, 4) is 0 Å². The molecule has 0 aliphatic rings. The zero-order valence-electron chi connectivity index (χ0n) is 6.58. The van der Waals surface area contributed by atoms with Crippen molar-refractivity contribution in [2.24, 2.45) is 0 Å². The van der Waals surface area contributed by atoms with Gasteiger partial charge in [0.15, 0.2) is 0 Å². The molecule has 0 saturated carbocycles. The molecule has 0 heterocycles. The molecule has 2 nitrogen and oxygen atoms in total. The Kier molecular flexibility index (Phi) is 4.14. The summed E-state index contributed by atoms with van der Waals surface area (Å²) in [5.41, 5.74) is 0.469.